The maximum absolute atomic E-state index is 11.9. The highest BCUT2D eigenvalue weighted by Gasteiger charge is 2.31. The van der Waals surface area contributed by atoms with E-state index >= 15 is 0 Å². The van der Waals surface area contributed by atoms with Gasteiger partial charge in [0.2, 0.25) is 0 Å². The van der Waals surface area contributed by atoms with E-state index in [1.54, 1.807) is 0 Å². The van der Waals surface area contributed by atoms with Crippen molar-refractivity contribution in [2.45, 2.75) is 19.8 Å². The Morgan fingerprint density at radius 1 is 1.29 bits per heavy atom. The Hall–Kier alpha value is -0.630. The van der Waals surface area contributed by atoms with Crippen molar-refractivity contribution in [3.63, 3.8) is 0 Å². The van der Waals surface area contributed by atoms with Crippen molar-refractivity contribution in [2.24, 2.45) is 11.8 Å². The number of benzene rings is 1. The van der Waals surface area contributed by atoms with Crippen LogP contribution in [0.5, 0.6) is 0 Å². The predicted molar refractivity (Wildman–Crippen MR) is 60.4 cm³/mol. The maximum atomic E-state index is 11.9. The lowest BCUT2D eigenvalue weighted by Gasteiger charge is -2.31. The van der Waals surface area contributed by atoms with E-state index in [4.69, 9.17) is 0 Å². The topological polar surface area (TPSA) is 17.1 Å². The van der Waals surface area contributed by atoms with Crippen LogP contribution in [0.1, 0.15) is 30.1 Å². The van der Waals surface area contributed by atoms with Gasteiger partial charge < -0.3 is 0 Å². The number of rotatable bonds is 2. The Balaban J connectivity index is 2.08. The number of halogens is 1. The van der Waals surface area contributed by atoms with Crippen LogP contribution < -0.4 is 0 Å². The van der Waals surface area contributed by atoms with E-state index in [0.29, 0.717) is 5.78 Å². The van der Waals surface area contributed by atoms with Crippen LogP contribution in [0.25, 0.3) is 0 Å². The molecule has 2 rings (SSSR count). The molecule has 2 heteroatoms. The largest absolute Gasteiger partial charge is 0.294 e. The Morgan fingerprint density at radius 2 is 1.86 bits per heavy atom. The van der Waals surface area contributed by atoms with Gasteiger partial charge >= 0.3 is 0 Å². The molecular formula is C12H13BrO. The van der Waals surface area contributed by atoms with E-state index in [2.05, 4.69) is 22.9 Å². The molecule has 0 saturated heterocycles. The maximum Gasteiger partial charge on any atom is 0.165 e. The van der Waals surface area contributed by atoms with Gasteiger partial charge in [0.1, 0.15) is 0 Å². The Labute approximate surface area is 92.6 Å². The van der Waals surface area contributed by atoms with E-state index in [1.165, 1.54) is 0 Å². The van der Waals surface area contributed by atoms with E-state index < -0.39 is 0 Å². The quantitative estimate of drug-likeness (QED) is 0.735. The van der Waals surface area contributed by atoms with Crippen LogP contribution in [0.15, 0.2) is 28.7 Å². The summed E-state index contributed by atoms with van der Waals surface area (Å²) in [6, 6.07) is 7.65. The molecule has 1 aliphatic carbocycles. The van der Waals surface area contributed by atoms with E-state index in [0.717, 1.165) is 28.8 Å². The second kappa shape index (κ2) is 3.85. The predicted octanol–water partition coefficient (Wildman–Crippen LogP) is 3.68. The highest BCUT2D eigenvalue weighted by Crippen LogP contribution is 2.35. The number of hydrogen-bond donors (Lipinski definition) is 0. The number of hydrogen-bond acceptors (Lipinski definition) is 1. The minimum Gasteiger partial charge on any atom is -0.294 e. The molecule has 0 atom stereocenters. The normalized spacial score (nSPS) is 25.6. The molecule has 1 aromatic rings. The van der Waals surface area contributed by atoms with Gasteiger partial charge in [-0.05, 0) is 30.9 Å². The molecule has 0 N–H and O–H groups in total. The second-order valence-corrected chi connectivity index (χ2v) is 5.06. The summed E-state index contributed by atoms with van der Waals surface area (Å²) in [5, 5.41) is 0. The number of carbonyl (C=O) groups is 1. The number of ketones is 1. The lowest BCUT2D eigenvalue weighted by Crippen LogP contribution is -2.28. The summed E-state index contributed by atoms with van der Waals surface area (Å²) in [4.78, 5) is 11.9. The van der Waals surface area contributed by atoms with Gasteiger partial charge in [-0.2, -0.15) is 0 Å². The van der Waals surface area contributed by atoms with Crippen molar-refractivity contribution in [1.29, 1.82) is 0 Å². The molecule has 0 amide bonds. The molecule has 1 saturated carbocycles. The lowest BCUT2D eigenvalue weighted by atomic mass is 9.72. The molecule has 0 aromatic heterocycles. The highest BCUT2D eigenvalue weighted by molar-refractivity contribution is 9.10. The lowest BCUT2D eigenvalue weighted by molar-refractivity contribution is 0.0792. The van der Waals surface area contributed by atoms with Crippen molar-refractivity contribution in [1.82, 2.24) is 0 Å². The van der Waals surface area contributed by atoms with Gasteiger partial charge in [0, 0.05) is 16.0 Å². The molecule has 0 unspecified atom stereocenters. The zero-order chi connectivity index (χ0) is 10.1. The standard InChI is InChI=1S/C12H13BrO/c1-8-6-10(7-8)12(14)9-2-4-11(13)5-3-9/h2-5,8,10H,6-7H2,1H3. The van der Waals surface area contributed by atoms with Gasteiger partial charge in [0.25, 0.3) is 0 Å². The Bertz CT molecular complexity index is 336. The third-order valence-electron chi connectivity index (χ3n) is 2.87. The molecule has 1 aromatic carbocycles. The molecule has 0 aliphatic heterocycles. The van der Waals surface area contributed by atoms with Crippen molar-refractivity contribution >= 4 is 21.7 Å². The fraction of sp³-hybridized carbons (Fsp3) is 0.417. The van der Waals surface area contributed by atoms with Crippen LogP contribution in [0.3, 0.4) is 0 Å². The molecule has 0 bridgehead atoms. The van der Waals surface area contributed by atoms with Crippen molar-refractivity contribution in [3.05, 3.63) is 34.3 Å². The summed E-state index contributed by atoms with van der Waals surface area (Å²) < 4.78 is 1.02. The first kappa shape index (κ1) is 9.91. The van der Waals surface area contributed by atoms with E-state index in [9.17, 15) is 4.79 Å². The van der Waals surface area contributed by atoms with Gasteiger partial charge in [-0.1, -0.05) is 35.0 Å². The van der Waals surface area contributed by atoms with Crippen molar-refractivity contribution in [2.75, 3.05) is 0 Å². The smallest absolute Gasteiger partial charge is 0.165 e. The minimum absolute atomic E-state index is 0.283. The minimum atomic E-state index is 0.283. The molecule has 1 fully saturated rings. The fourth-order valence-electron chi connectivity index (χ4n) is 1.97. The van der Waals surface area contributed by atoms with Gasteiger partial charge in [-0.3, -0.25) is 4.79 Å². The summed E-state index contributed by atoms with van der Waals surface area (Å²) in [5.41, 5.74) is 0.852. The van der Waals surface area contributed by atoms with Crippen molar-refractivity contribution in [3.8, 4) is 0 Å². The summed E-state index contributed by atoms with van der Waals surface area (Å²) >= 11 is 3.36. The Morgan fingerprint density at radius 3 is 2.36 bits per heavy atom. The third-order valence-corrected chi connectivity index (χ3v) is 3.40. The zero-order valence-corrected chi connectivity index (χ0v) is 9.75. The van der Waals surface area contributed by atoms with E-state index in [-0.39, 0.29) is 5.92 Å². The molecule has 14 heavy (non-hydrogen) atoms. The summed E-state index contributed by atoms with van der Waals surface area (Å²) in [5.74, 6) is 1.33. The van der Waals surface area contributed by atoms with E-state index in [1.807, 2.05) is 24.3 Å². The van der Waals surface area contributed by atoms with Gasteiger partial charge in [-0.25, -0.2) is 0 Å². The second-order valence-electron chi connectivity index (χ2n) is 4.14. The first-order valence-corrected chi connectivity index (χ1v) is 5.76. The molecular weight excluding hydrogens is 240 g/mol. The van der Waals surface area contributed by atoms with Crippen LogP contribution in [0.2, 0.25) is 0 Å². The first-order valence-electron chi connectivity index (χ1n) is 4.96. The summed E-state index contributed by atoms with van der Waals surface area (Å²) in [6.45, 7) is 2.20. The van der Waals surface area contributed by atoms with Gasteiger partial charge in [0.15, 0.2) is 5.78 Å². The molecule has 0 spiro atoms. The number of Topliss-reactive ketones (excluding diaryl/α,β-unsaturated/α-hetero) is 1. The molecule has 0 heterocycles. The van der Waals surface area contributed by atoms with Crippen LogP contribution in [0.4, 0.5) is 0 Å². The van der Waals surface area contributed by atoms with Gasteiger partial charge in [0.05, 0.1) is 0 Å². The van der Waals surface area contributed by atoms with Crippen LogP contribution >= 0.6 is 15.9 Å². The van der Waals surface area contributed by atoms with Crippen LogP contribution in [-0.4, -0.2) is 5.78 Å². The van der Waals surface area contributed by atoms with Crippen molar-refractivity contribution < 1.29 is 4.79 Å². The highest BCUT2D eigenvalue weighted by atomic mass is 79.9. The average Bonchev–Trinajstić information content (AvgIpc) is 2.13. The Kier molecular flexibility index (Phi) is 2.73. The first-order chi connectivity index (χ1) is 6.66. The number of carbonyl (C=O) groups excluding carboxylic acids is 1. The summed E-state index contributed by atoms with van der Waals surface area (Å²) in [6.07, 6.45) is 2.13. The average molecular weight is 253 g/mol. The fourth-order valence-corrected chi connectivity index (χ4v) is 2.23. The summed E-state index contributed by atoms with van der Waals surface area (Å²) in [7, 11) is 0. The third kappa shape index (κ3) is 1.90. The SMILES string of the molecule is CC1CC(C(=O)c2ccc(Br)cc2)C1. The molecule has 1 aliphatic rings. The van der Waals surface area contributed by atoms with Crippen LogP contribution in [-0.2, 0) is 0 Å². The molecule has 74 valence electrons. The zero-order valence-electron chi connectivity index (χ0n) is 8.16. The molecule has 0 radical (unpaired) electrons. The monoisotopic (exact) mass is 252 g/mol. The van der Waals surface area contributed by atoms with Gasteiger partial charge in [-0.15, -0.1) is 0 Å². The molecule has 1 nitrogen and oxygen atoms in total. The van der Waals surface area contributed by atoms with Crippen LogP contribution in [0, 0.1) is 11.8 Å².